The van der Waals surface area contributed by atoms with Crippen LogP contribution in [0.3, 0.4) is 0 Å². The van der Waals surface area contributed by atoms with Crippen molar-refractivity contribution in [2.75, 3.05) is 19.8 Å². The van der Waals surface area contributed by atoms with Crippen LogP contribution in [0.15, 0.2) is 109 Å². The van der Waals surface area contributed by atoms with Crippen molar-refractivity contribution in [3.05, 3.63) is 109 Å². The predicted octanol–water partition coefficient (Wildman–Crippen LogP) is 7.97. The number of allylic oxidation sites excluding steroid dienone is 16. The molecular weight excluding hydrogens is 805 g/mol. The van der Waals surface area contributed by atoms with Gasteiger partial charge < -0.3 is 40.5 Å². The molecule has 0 aromatic heterocycles. The van der Waals surface area contributed by atoms with Gasteiger partial charge in [0.1, 0.15) is 12.6 Å². The lowest BCUT2D eigenvalue weighted by Crippen LogP contribution is -2.34. The number of ether oxygens (including phenoxy) is 2. The largest absolute Gasteiger partial charge is 0.480 e. The Morgan fingerprint density at radius 1 is 0.639 bits per heavy atom. The van der Waals surface area contributed by atoms with E-state index < -0.39 is 76.0 Å². The Morgan fingerprint density at radius 2 is 1.18 bits per heavy atom. The summed E-state index contributed by atoms with van der Waals surface area (Å²) in [5.41, 5.74) is 5.30. The number of carbonyl (C=O) groups is 3. The number of phosphoric ester groups is 1. The highest BCUT2D eigenvalue weighted by Crippen LogP contribution is 2.43. The molecule has 0 rings (SSSR count). The molecule has 344 valence electrons. The Bertz CT molecular complexity index is 1500. The van der Waals surface area contributed by atoms with Gasteiger partial charge in [-0.25, -0.2) is 4.57 Å². The van der Waals surface area contributed by atoms with Crippen molar-refractivity contribution in [2.24, 2.45) is 5.73 Å². The first-order valence-electron chi connectivity index (χ1n) is 21.2. The molecule has 0 spiro atoms. The van der Waals surface area contributed by atoms with Gasteiger partial charge in [0.2, 0.25) is 0 Å². The van der Waals surface area contributed by atoms with Crippen LogP contribution < -0.4 is 5.73 Å². The number of carbonyl (C=O) groups excluding carboxylic acids is 2. The number of unbranched alkanes of at least 4 members (excludes halogenated alkanes) is 3. The second-order valence-electron chi connectivity index (χ2n) is 14.0. The van der Waals surface area contributed by atoms with Crippen LogP contribution in [-0.4, -0.2) is 93.5 Å². The van der Waals surface area contributed by atoms with Crippen LogP contribution in [0.25, 0.3) is 0 Å². The van der Waals surface area contributed by atoms with E-state index in [1.807, 2.05) is 12.2 Å². The molecule has 61 heavy (non-hydrogen) atoms. The van der Waals surface area contributed by atoms with E-state index in [0.29, 0.717) is 12.8 Å². The van der Waals surface area contributed by atoms with Crippen LogP contribution in [0.4, 0.5) is 0 Å². The third kappa shape index (κ3) is 37.5. The van der Waals surface area contributed by atoms with Crippen molar-refractivity contribution >= 4 is 25.7 Å². The second-order valence-corrected chi connectivity index (χ2v) is 15.4. The van der Waals surface area contributed by atoms with E-state index in [1.54, 1.807) is 42.5 Å². The highest BCUT2D eigenvalue weighted by molar-refractivity contribution is 7.47. The molecule has 0 aliphatic carbocycles. The van der Waals surface area contributed by atoms with Gasteiger partial charge in [-0.1, -0.05) is 142 Å². The lowest BCUT2D eigenvalue weighted by molar-refractivity contribution is -0.161. The number of carboxylic acid groups (broad SMARTS) is 1. The third-order valence-electron chi connectivity index (χ3n) is 8.37. The number of hydrogen-bond acceptors (Lipinski definition) is 12. The molecule has 7 N–H and O–H groups in total. The van der Waals surface area contributed by atoms with Gasteiger partial charge in [0.05, 0.1) is 31.5 Å². The van der Waals surface area contributed by atoms with E-state index in [2.05, 4.69) is 67.0 Å². The molecular formula is C46H72NO13P. The van der Waals surface area contributed by atoms with E-state index in [9.17, 15) is 39.2 Å². The van der Waals surface area contributed by atoms with Crippen LogP contribution in [0.5, 0.6) is 0 Å². The fourth-order valence-corrected chi connectivity index (χ4v) is 5.67. The van der Waals surface area contributed by atoms with Crippen molar-refractivity contribution in [3.8, 4) is 0 Å². The number of esters is 2. The Hall–Kier alpha value is -3.98. The summed E-state index contributed by atoms with van der Waals surface area (Å²) in [5, 5.41) is 39.3. The topological polar surface area (TPSA) is 232 Å². The first-order chi connectivity index (χ1) is 29.3. The molecule has 0 saturated heterocycles. The minimum absolute atomic E-state index is 0.00225. The van der Waals surface area contributed by atoms with E-state index >= 15 is 0 Å². The normalized spacial score (nSPS) is 16.3. The van der Waals surface area contributed by atoms with E-state index in [0.717, 1.165) is 57.8 Å². The zero-order valence-corrected chi connectivity index (χ0v) is 36.9. The van der Waals surface area contributed by atoms with Gasteiger partial charge in [-0.3, -0.25) is 23.4 Å². The minimum Gasteiger partial charge on any atom is -0.480 e. The second kappa shape index (κ2) is 38.9. The zero-order valence-electron chi connectivity index (χ0n) is 36.0. The Kier molecular flexibility index (Phi) is 36.4. The molecule has 6 atom stereocenters. The average Bonchev–Trinajstić information content (AvgIpc) is 3.22. The molecule has 0 fully saturated rings. The number of rotatable bonds is 37. The van der Waals surface area contributed by atoms with Crippen LogP contribution in [0.2, 0.25) is 0 Å². The molecule has 14 nitrogen and oxygen atoms in total. The SMILES string of the molecule is CC/C=C\C/C=C\C/C=C\C/C=C\C/C=C\CCCC(=O)O[C@H](COC(=O)CCC[C@@H](O)[C@H](O)/C=C/C=C/C=C\C=C\[C@H](O)CCCCC)COP(=O)(O)OC[C@H](N)C(=O)O. The van der Waals surface area contributed by atoms with E-state index in [-0.39, 0.29) is 25.7 Å². The molecule has 0 amide bonds. The molecule has 15 heteroatoms. The van der Waals surface area contributed by atoms with E-state index in [4.69, 9.17) is 24.8 Å². The molecule has 0 bridgehead atoms. The van der Waals surface area contributed by atoms with Gasteiger partial charge in [-0.15, -0.1) is 0 Å². The van der Waals surface area contributed by atoms with Gasteiger partial charge in [0, 0.05) is 12.8 Å². The lowest BCUT2D eigenvalue weighted by Gasteiger charge is -2.20. The number of aliphatic hydroxyl groups is 3. The first kappa shape index (κ1) is 57.0. The number of hydrogen-bond donors (Lipinski definition) is 6. The summed E-state index contributed by atoms with van der Waals surface area (Å²) >= 11 is 0. The monoisotopic (exact) mass is 877 g/mol. The van der Waals surface area contributed by atoms with Gasteiger partial charge in [-0.2, -0.15) is 0 Å². The average molecular weight is 878 g/mol. The molecule has 0 aliphatic rings. The van der Waals surface area contributed by atoms with Gasteiger partial charge in [0.15, 0.2) is 6.10 Å². The molecule has 0 radical (unpaired) electrons. The molecule has 0 aromatic carbocycles. The van der Waals surface area contributed by atoms with Gasteiger partial charge in [0.25, 0.3) is 0 Å². The van der Waals surface area contributed by atoms with Crippen molar-refractivity contribution in [1.82, 2.24) is 0 Å². The summed E-state index contributed by atoms with van der Waals surface area (Å²) < 4.78 is 32.4. The summed E-state index contributed by atoms with van der Waals surface area (Å²) in [7, 11) is -4.82. The number of nitrogens with two attached hydrogens (primary N) is 1. The van der Waals surface area contributed by atoms with Gasteiger partial charge >= 0.3 is 25.7 Å². The Balaban J connectivity index is 4.82. The maximum Gasteiger partial charge on any atom is 0.472 e. The predicted molar refractivity (Wildman–Crippen MR) is 239 cm³/mol. The van der Waals surface area contributed by atoms with Gasteiger partial charge in [-0.05, 0) is 64.2 Å². The van der Waals surface area contributed by atoms with Crippen molar-refractivity contribution in [3.63, 3.8) is 0 Å². The minimum atomic E-state index is -4.82. The standard InChI is InChI=1S/C46H72NO13P/c1-3-5-7-8-9-10-11-12-13-14-15-16-17-18-19-24-28-34-45(52)60-40(37-58-61(55,56)59-38-41(47)46(53)54)36-57-44(51)35-29-33-43(50)42(49)32-27-23-21-20-22-26-31-39(48)30-25-6-4-2/h5,7,9-10,12-13,15-16,18-23,26-27,31-32,39-43,48-50H,3-4,6,8,11,14,17,24-25,28-30,33-38,47H2,1-2H3,(H,53,54)(H,55,56)/b7-5-,10-9-,13-12-,16-15-,19-18-,22-20-,23-21+,31-26+,32-27+/t39-,40-,41+,42-,43-/m1/s1. The zero-order chi connectivity index (χ0) is 45.4. The summed E-state index contributed by atoms with van der Waals surface area (Å²) in [5.74, 6) is -2.85. The van der Waals surface area contributed by atoms with Crippen molar-refractivity contribution in [1.29, 1.82) is 0 Å². The number of phosphoric acid groups is 1. The fraction of sp³-hybridized carbons (Fsp3) is 0.543. The van der Waals surface area contributed by atoms with Crippen LogP contribution in [0, 0.1) is 0 Å². The number of aliphatic hydroxyl groups excluding tert-OH is 3. The fourth-order valence-electron chi connectivity index (χ4n) is 4.89. The molecule has 1 unspecified atom stereocenters. The van der Waals surface area contributed by atoms with Crippen LogP contribution in [0.1, 0.15) is 110 Å². The van der Waals surface area contributed by atoms with Crippen LogP contribution >= 0.6 is 7.82 Å². The smallest absolute Gasteiger partial charge is 0.472 e. The van der Waals surface area contributed by atoms with Crippen molar-refractivity contribution in [2.45, 2.75) is 141 Å². The van der Waals surface area contributed by atoms with Crippen molar-refractivity contribution < 1.29 is 62.8 Å². The summed E-state index contributed by atoms with van der Waals surface area (Å²) in [4.78, 5) is 46.0. The molecule has 0 heterocycles. The third-order valence-corrected chi connectivity index (χ3v) is 9.32. The maximum absolute atomic E-state index is 12.6. The summed E-state index contributed by atoms with van der Waals surface area (Å²) in [6.45, 7) is 2.15. The molecule has 0 aliphatic heterocycles. The quantitative estimate of drug-likeness (QED) is 0.0114. The summed E-state index contributed by atoms with van der Waals surface area (Å²) in [6.07, 6.45) is 39.6. The first-order valence-corrected chi connectivity index (χ1v) is 22.7. The molecule has 0 saturated carbocycles. The summed E-state index contributed by atoms with van der Waals surface area (Å²) in [6, 6.07) is -1.59. The Morgan fingerprint density at radius 3 is 1.77 bits per heavy atom. The lowest BCUT2D eigenvalue weighted by atomic mass is 10.1. The molecule has 0 aromatic rings. The van der Waals surface area contributed by atoms with E-state index in [1.165, 1.54) is 6.08 Å². The highest BCUT2D eigenvalue weighted by atomic mass is 31.2. The highest BCUT2D eigenvalue weighted by Gasteiger charge is 2.28. The number of aliphatic carboxylic acids is 1. The Labute approximate surface area is 363 Å². The maximum atomic E-state index is 12.6. The van der Waals surface area contributed by atoms with Crippen LogP contribution in [-0.2, 0) is 37.5 Å². The number of carboxylic acids is 1.